The van der Waals surface area contributed by atoms with Gasteiger partial charge in [-0.3, -0.25) is 4.79 Å². The van der Waals surface area contributed by atoms with Gasteiger partial charge in [0, 0.05) is 12.6 Å². The van der Waals surface area contributed by atoms with Crippen LogP contribution in [0.25, 0.3) is 0 Å². The predicted octanol–water partition coefficient (Wildman–Crippen LogP) is 3.40. The van der Waals surface area contributed by atoms with Crippen LogP contribution in [-0.2, 0) is 11.2 Å². The summed E-state index contributed by atoms with van der Waals surface area (Å²) in [4.78, 5) is 10.6. The van der Waals surface area contributed by atoms with Gasteiger partial charge in [0.1, 0.15) is 0 Å². The molecule has 0 aliphatic heterocycles. The normalized spacial score (nSPS) is 12.6. The Kier molecular flexibility index (Phi) is 6.57. The zero-order chi connectivity index (χ0) is 14.3. The van der Waals surface area contributed by atoms with Gasteiger partial charge >= 0.3 is 5.97 Å². The minimum Gasteiger partial charge on any atom is -0.481 e. The number of aliphatic carboxylic acids is 1. The molecule has 0 bridgehead atoms. The van der Waals surface area contributed by atoms with E-state index in [0.717, 1.165) is 12.8 Å². The average molecular weight is 263 g/mol. The van der Waals surface area contributed by atoms with Crippen molar-refractivity contribution in [3.05, 3.63) is 35.4 Å². The van der Waals surface area contributed by atoms with Crippen molar-refractivity contribution in [3.8, 4) is 0 Å². The molecule has 0 radical (unpaired) electrons. The van der Waals surface area contributed by atoms with Crippen LogP contribution in [0.3, 0.4) is 0 Å². The Balaban J connectivity index is 2.67. The highest BCUT2D eigenvalue weighted by Crippen LogP contribution is 2.22. The van der Waals surface area contributed by atoms with Gasteiger partial charge in [-0.05, 0) is 23.5 Å². The number of hydrogen-bond donors (Lipinski definition) is 2. The number of rotatable bonds is 8. The number of nitrogens with one attached hydrogen (secondary N) is 1. The Morgan fingerprint density at radius 3 is 2.37 bits per heavy atom. The van der Waals surface area contributed by atoms with E-state index in [4.69, 9.17) is 5.11 Å². The molecule has 0 heterocycles. The van der Waals surface area contributed by atoms with Gasteiger partial charge in [-0.25, -0.2) is 0 Å². The van der Waals surface area contributed by atoms with Gasteiger partial charge in [0.2, 0.25) is 0 Å². The highest BCUT2D eigenvalue weighted by atomic mass is 16.4. The molecule has 0 aliphatic rings. The molecule has 1 aromatic carbocycles. The first-order chi connectivity index (χ1) is 9.04. The molecule has 0 fully saturated rings. The fourth-order valence-corrected chi connectivity index (χ4v) is 2.25. The third-order valence-corrected chi connectivity index (χ3v) is 3.25. The van der Waals surface area contributed by atoms with Crippen molar-refractivity contribution in [2.45, 2.75) is 46.1 Å². The molecule has 3 heteroatoms. The summed E-state index contributed by atoms with van der Waals surface area (Å²) in [5.41, 5.74) is 2.60. The van der Waals surface area contributed by atoms with Crippen LogP contribution in [0.4, 0.5) is 0 Å². The number of carboxylic acids is 1. The van der Waals surface area contributed by atoms with Crippen molar-refractivity contribution in [1.82, 2.24) is 5.32 Å². The molecule has 1 aromatic rings. The Hall–Kier alpha value is -1.35. The minimum atomic E-state index is -0.756. The molecule has 2 N–H and O–H groups in total. The second-order valence-electron chi connectivity index (χ2n) is 5.31. The molecule has 1 unspecified atom stereocenters. The lowest BCUT2D eigenvalue weighted by Gasteiger charge is -2.23. The van der Waals surface area contributed by atoms with Crippen LogP contribution in [-0.4, -0.2) is 17.6 Å². The fourth-order valence-electron chi connectivity index (χ4n) is 2.25. The van der Waals surface area contributed by atoms with Crippen LogP contribution < -0.4 is 5.32 Å². The van der Waals surface area contributed by atoms with E-state index in [0.29, 0.717) is 12.5 Å². The molecule has 0 spiro atoms. The van der Waals surface area contributed by atoms with Crippen LogP contribution in [0.1, 0.15) is 50.8 Å². The van der Waals surface area contributed by atoms with Gasteiger partial charge < -0.3 is 10.4 Å². The zero-order valence-electron chi connectivity index (χ0n) is 12.1. The summed E-state index contributed by atoms with van der Waals surface area (Å²) < 4.78 is 0. The van der Waals surface area contributed by atoms with Crippen LogP contribution in [0, 0.1) is 5.92 Å². The molecule has 1 rings (SSSR count). The highest BCUT2D eigenvalue weighted by Gasteiger charge is 2.15. The highest BCUT2D eigenvalue weighted by molar-refractivity contribution is 5.66. The van der Waals surface area contributed by atoms with Crippen LogP contribution >= 0.6 is 0 Å². The van der Waals surface area contributed by atoms with E-state index in [2.05, 4.69) is 50.4 Å². The topological polar surface area (TPSA) is 49.3 Å². The summed E-state index contributed by atoms with van der Waals surface area (Å²) in [6, 6.07) is 8.88. The van der Waals surface area contributed by atoms with Gasteiger partial charge in [0.25, 0.3) is 0 Å². The number of carbonyl (C=O) groups is 1. The summed E-state index contributed by atoms with van der Waals surface area (Å²) in [6.45, 7) is 6.99. The summed E-state index contributed by atoms with van der Waals surface area (Å²) in [6.07, 6.45) is 2.43. The summed E-state index contributed by atoms with van der Waals surface area (Å²) in [5.74, 6) is -0.320. The molecular formula is C16H25NO2. The van der Waals surface area contributed by atoms with Gasteiger partial charge in [-0.1, -0.05) is 51.5 Å². The largest absolute Gasteiger partial charge is 0.481 e. The maximum atomic E-state index is 10.6. The van der Waals surface area contributed by atoms with Crippen molar-refractivity contribution < 1.29 is 9.90 Å². The quantitative estimate of drug-likeness (QED) is 0.755. The average Bonchev–Trinajstić information content (AvgIpc) is 2.35. The molecule has 1 atom stereocenters. The summed E-state index contributed by atoms with van der Waals surface area (Å²) in [7, 11) is 0. The molecule has 3 nitrogen and oxygen atoms in total. The van der Waals surface area contributed by atoms with Crippen molar-refractivity contribution in [1.29, 1.82) is 0 Å². The van der Waals surface area contributed by atoms with E-state index in [1.54, 1.807) is 0 Å². The zero-order valence-corrected chi connectivity index (χ0v) is 12.1. The lowest BCUT2D eigenvalue weighted by atomic mass is 9.94. The van der Waals surface area contributed by atoms with Crippen molar-refractivity contribution in [2.75, 3.05) is 6.54 Å². The monoisotopic (exact) mass is 263 g/mol. The predicted molar refractivity (Wildman–Crippen MR) is 78.3 cm³/mol. The van der Waals surface area contributed by atoms with Crippen molar-refractivity contribution in [3.63, 3.8) is 0 Å². The lowest BCUT2D eigenvalue weighted by Crippen LogP contribution is -2.27. The van der Waals surface area contributed by atoms with Crippen molar-refractivity contribution >= 4 is 5.97 Å². The molecule has 0 aromatic heterocycles. The molecular weight excluding hydrogens is 238 g/mol. The standard InChI is InChI=1S/C16H25NO2/c1-4-5-13-6-8-14(9-7-13)16(12(2)3)17-11-10-15(18)19/h6-9,12,16-17H,4-5,10-11H2,1-3H3,(H,18,19). The minimum absolute atomic E-state index is 0.164. The van der Waals surface area contributed by atoms with Crippen molar-refractivity contribution in [2.24, 2.45) is 5.92 Å². The third-order valence-electron chi connectivity index (χ3n) is 3.25. The van der Waals surface area contributed by atoms with Crippen LogP contribution in [0.15, 0.2) is 24.3 Å². The van der Waals surface area contributed by atoms with E-state index in [-0.39, 0.29) is 12.5 Å². The molecule has 0 aliphatic carbocycles. The first-order valence-corrected chi connectivity index (χ1v) is 7.08. The maximum absolute atomic E-state index is 10.6. The smallest absolute Gasteiger partial charge is 0.304 e. The maximum Gasteiger partial charge on any atom is 0.304 e. The summed E-state index contributed by atoms with van der Waals surface area (Å²) >= 11 is 0. The second-order valence-corrected chi connectivity index (χ2v) is 5.31. The lowest BCUT2D eigenvalue weighted by molar-refractivity contribution is -0.136. The number of hydrogen-bond acceptors (Lipinski definition) is 2. The Labute approximate surface area is 116 Å². The SMILES string of the molecule is CCCc1ccc(C(NCCC(=O)O)C(C)C)cc1. The number of benzene rings is 1. The Morgan fingerprint density at radius 2 is 1.89 bits per heavy atom. The van der Waals surface area contributed by atoms with Gasteiger partial charge in [-0.2, -0.15) is 0 Å². The molecule has 106 valence electrons. The Morgan fingerprint density at radius 1 is 1.26 bits per heavy atom. The fraction of sp³-hybridized carbons (Fsp3) is 0.562. The van der Waals surface area contributed by atoms with Gasteiger partial charge in [0.15, 0.2) is 0 Å². The third kappa shape index (κ3) is 5.43. The Bertz CT molecular complexity index is 384. The van der Waals surface area contributed by atoms with E-state index in [1.807, 2.05) is 0 Å². The second kappa shape index (κ2) is 7.95. The summed E-state index contributed by atoms with van der Waals surface area (Å²) in [5, 5.41) is 12.0. The van der Waals surface area contributed by atoms with Gasteiger partial charge in [-0.15, -0.1) is 0 Å². The molecule has 0 amide bonds. The van der Waals surface area contributed by atoms with Crippen LogP contribution in [0.5, 0.6) is 0 Å². The first-order valence-electron chi connectivity index (χ1n) is 7.08. The van der Waals surface area contributed by atoms with E-state index in [1.165, 1.54) is 11.1 Å². The first kappa shape index (κ1) is 15.7. The van der Waals surface area contributed by atoms with E-state index in [9.17, 15) is 4.79 Å². The van der Waals surface area contributed by atoms with E-state index >= 15 is 0 Å². The molecule has 0 saturated carbocycles. The van der Waals surface area contributed by atoms with E-state index < -0.39 is 5.97 Å². The molecule has 19 heavy (non-hydrogen) atoms. The number of carboxylic acid groups (broad SMARTS) is 1. The molecule has 0 saturated heterocycles. The van der Waals surface area contributed by atoms with Gasteiger partial charge in [0.05, 0.1) is 6.42 Å². The number of aryl methyl sites for hydroxylation is 1. The van der Waals surface area contributed by atoms with Crippen LogP contribution in [0.2, 0.25) is 0 Å².